The van der Waals surface area contributed by atoms with E-state index < -0.39 is 29.8 Å². The van der Waals surface area contributed by atoms with Gasteiger partial charge in [0.2, 0.25) is 0 Å². The Kier molecular flexibility index (Phi) is 6.27. The maximum absolute atomic E-state index is 13.4. The second-order valence-electron chi connectivity index (χ2n) is 6.47. The van der Waals surface area contributed by atoms with Crippen LogP contribution in [0.4, 0.5) is 22.0 Å². The number of pyridine rings is 1. The van der Waals surface area contributed by atoms with Gasteiger partial charge in [-0.15, -0.1) is 0 Å². The Morgan fingerprint density at radius 1 is 1.19 bits per heavy atom. The number of hydrogen-bond donors (Lipinski definition) is 1. The van der Waals surface area contributed by atoms with Crippen molar-refractivity contribution >= 4 is 17.2 Å². The third kappa shape index (κ3) is 5.05. The molecule has 0 atom stereocenters. The van der Waals surface area contributed by atoms with Crippen molar-refractivity contribution in [3.63, 3.8) is 0 Å². The first-order chi connectivity index (χ1) is 12.5. The quantitative estimate of drug-likeness (QED) is 0.605. The highest BCUT2D eigenvalue weighted by Gasteiger charge is 2.35. The molecule has 2 nitrogen and oxygen atoms in total. The maximum atomic E-state index is 13.4. The van der Waals surface area contributed by atoms with Crippen molar-refractivity contribution in [3.8, 4) is 11.3 Å². The van der Waals surface area contributed by atoms with Gasteiger partial charge in [0, 0.05) is 17.6 Å². The highest BCUT2D eigenvalue weighted by Crippen LogP contribution is 2.35. The van der Waals surface area contributed by atoms with E-state index in [1.807, 2.05) is 0 Å². The zero-order valence-corrected chi connectivity index (χ0v) is 15.5. The first-order valence-electron chi connectivity index (χ1n) is 8.01. The molecular weight excluding hydrogens is 387 g/mol. The van der Waals surface area contributed by atoms with Crippen LogP contribution in [-0.2, 0) is 5.54 Å². The van der Waals surface area contributed by atoms with E-state index in [0.717, 1.165) is 6.07 Å². The number of aromatic nitrogens is 1. The average molecular weight is 405 g/mol. The average Bonchev–Trinajstić information content (AvgIpc) is 2.60. The smallest absolute Gasteiger partial charge is 0.305 e. The van der Waals surface area contributed by atoms with Crippen LogP contribution in [0, 0.1) is 5.82 Å². The van der Waals surface area contributed by atoms with Gasteiger partial charge >= 0.3 is 6.18 Å². The second-order valence-corrected chi connectivity index (χ2v) is 6.88. The van der Waals surface area contributed by atoms with Gasteiger partial charge in [0.1, 0.15) is 12.5 Å². The Morgan fingerprint density at radius 2 is 1.85 bits per heavy atom. The third-order valence-corrected chi connectivity index (χ3v) is 4.36. The summed E-state index contributed by atoms with van der Waals surface area (Å²) < 4.78 is 65.4. The number of allylic oxidation sites excluding steroid dienone is 1. The van der Waals surface area contributed by atoms with Crippen molar-refractivity contribution in [1.82, 2.24) is 10.3 Å². The lowest BCUT2D eigenvalue weighted by Crippen LogP contribution is -2.38. The SMILES string of the molecule is C=C(c1cc(C(C)(C)NCCF)cc(-c2ccc(F)c(Cl)c2)n1)C(F)(F)F. The predicted octanol–water partition coefficient (Wildman–Crippen LogP) is 5.91. The minimum absolute atomic E-state index is 0.0303. The Bertz CT molecular complexity index is 846. The molecule has 0 amide bonds. The van der Waals surface area contributed by atoms with E-state index in [2.05, 4.69) is 16.9 Å². The van der Waals surface area contributed by atoms with Crippen LogP contribution in [0.25, 0.3) is 16.8 Å². The molecule has 0 saturated carbocycles. The van der Waals surface area contributed by atoms with Crippen molar-refractivity contribution in [2.45, 2.75) is 25.6 Å². The zero-order chi connectivity index (χ0) is 20.4. The standard InChI is InChI=1S/C19H18ClF5N2/c1-11(19(23,24)25)16-9-13(18(2,3)26-7-6-21)10-17(27-16)12-4-5-15(22)14(20)8-12/h4-5,8-10,26H,1,6-7H2,2-3H3. The maximum Gasteiger partial charge on any atom is 0.417 e. The van der Waals surface area contributed by atoms with Gasteiger partial charge in [-0.05, 0) is 49.7 Å². The minimum Gasteiger partial charge on any atom is -0.305 e. The Balaban J connectivity index is 2.63. The van der Waals surface area contributed by atoms with Gasteiger partial charge in [0.15, 0.2) is 0 Å². The van der Waals surface area contributed by atoms with Crippen molar-refractivity contribution in [1.29, 1.82) is 0 Å². The van der Waals surface area contributed by atoms with E-state index in [-0.39, 0.29) is 23.0 Å². The molecule has 0 aliphatic rings. The van der Waals surface area contributed by atoms with Crippen LogP contribution in [0.3, 0.4) is 0 Å². The number of halogens is 6. The molecule has 1 aromatic heterocycles. The first-order valence-corrected chi connectivity index (χ1v) is 8.39. The van der Waals surface area contributed by atoms with Crippen molar-refractivity contribution in [2.24, 2.45) is 0 Å². The fraction of sp³-hybridized carbons (Fsp3) is 0.316. The molecule has 0 saturated heterocycles. The summed E-state index contributed by atoms with van der Waals surface area (Å²) >= 11 is 5.78. The molecule has 27 heavy (non-hydrogen) atoms. The van der Waals surface area contributed by atoms with Crippen molar-refractivity contribution in [2.75, 3.05) is 13.2 Å². The summed E-state index contributed by atoms with van der Waals surface area (Å²) in [5.41, 5.74) is -1.35. The predicted molar refractivity (Wildman–Crippen MR) is 96.7 cm³/mol. The monoisotopic (exact) mass is 404 g/mol. The van der Waals surface area contributed by atoms with Crippen LogP contribution in [0.15, 0.2) is 36.9 Å². The molecule has 8 heteroatoms. The summed E-state index contributed by atoms with van der Waals surface area (Å²) in [5.74, 6) is -0.651. The lowest BCUT2D eigenvalue weighted by atomic mass is 9.91. The number of hydrogen-bond acceptors (Lipinski definition) is 2. The van der Waals surface area contributed by atoms with Crippen LogP contribution in [0.2, 0.25) is 5.02 Å². The number of alkyl halides is 4. The molecule has 0 bridgehead atoms. The molecule has 0 spiro atoms. The number of rotatable bonds is 6. The van der Waals surface area contributed by atoms with E-state index in [0.29, 0.717) is 11.1 Å². The van der Waals surface area contributed by atoms with Gasteiger partial charge in [-0.2, -0.15) is 13.2 Å². The largest absolute Gasteiger partial charge is 0.417 e. The molecule has 1 N–H and O–H groups in total. The van der Waals surface area contributed by atoms with Gasteiger partial charge in [-0.25, -0.2) is 13.8 Å². The normalized spacial score (nSPS) is 12.3. The lowest BCUT2D eigenvalue weighted by Gasteiger charge is -2.28. The van der Waals surface area contributed by atoms with Gasteiger partial charge in [-0.3, -0.25) is 0 Å². The van der Waals surface area contributed by atoms with Crippen molar-refractivity contribution < 1.29 is 22.0 Å². The molecule has 1 aromatic carbocycles. The lowest BCUT2D eigenvalue weighted by molar-refractivity contribution is -0.0689. The Hall–Kier alpha value is -1.99. The van der Waals surface area contributed by atoms with E-state index in [1.165, 1.54) is 18.2 Å². The fourth-order valence-corrected chi connectivity index (χ4v) is 2.64. The first kappa shape index (κ1) is 21.3. The van der Waals surface area contributed by atoms with Crippen LogP contribution in [0.5, 0.6) is 0 Å². The summed E-state index contributed by atoms with van der Waals surface area (Å²) in [6.45, 7) is 5.91. The van der Waals surface area contributed by atoms with Crippen LogP contribution in [0.1, 0.15) is 25.1 Å². The number of benzene rings is 1. The van der Waals surface area contributed by atoms with Crippen molar-refractivity contribution in [3.05, 3.63) is 59.0 Å². The fourth-order valence-electron chi connectivity index (χ4n) is 2.46. The highest BCUT2D eigenvalue weighted by atomic mass is 35.5. The summed E-state index contributed by atoms with van der Waals surface area (Å²) in [4.78, 5) is 4.03. The molecule has 0 unspecified atom stereocenters. The van der Waals surface area contributed by atoms with Crippen LogP contribution in [-0.4, -0.2) is 24.4 Å². The molecule has 1 heterocycles. The molecule has 2 aromatic rings. The summed E-state index contributed by atoms with van der Waals surface area (Å²) in [7, 11) is 0. The van der Waals surface area contributed by atoms with Gasteiger partial charge in [0.25, 0.3) is 0 Å². The van der Waals surface area contributed by atoms with Gasteiger partial charge < -0.3 is 5.32 Å². The molecular formula is C19H18ClF5N2. The van der Waals surface area contributed by atoms with E-state index in [9.17, 15) is 22.0 Å². The molecule has 0 radical (unpaired) electrons. The summed E-state index contributed by atoms with van der Waals surface area (Å²) in [5, 5.41) is 2.75. The Morgan fingerprint density at radius 3 is 2.41 bits per heavy atom. The molecule has 2 rings (SSSR count). The molecule has 146 valence electrons. The second kappa shape index (κ2) is 7.94. The van der Waals surface area contributed by atoms with E-state index >= 15 is 0 Å². The number of nitrogens with zero attached hydrogens (tertiary/aromatic N) is 1. The summed E-state index contributed by atoms with van der Waals surface area (Å²) in [6, 6.07) is 6.58. The third-order valence-electron chi connectivity index (χ3n) is 4.08. The highest BCUT2D eigenvalue weighted by molar-refractivity contribution is 6.31. The van der Waals surface area contributed by atoms with Gasteiger partial charge in [0.05, 0.1) is 22.0 Å². The molecule has 0 aliphatic carbocycles. The van der Waals surface area contributed by atoms with Crippen LogP contribution >= 0.6 is 11.6 Å². The van der Waals surface area contributed by atoms with Gasteiger partial charge in [-0.1, -0.05) is 18.2 Å². The molecule has 0 aliphatic heterocycles. The summed E-state index contributed by atoms with van der Waals surface area (Å²) in [6.07, 6.45) is -4.67. The Labute approximate surface area is 159 Å². The zero-order valence-electron chi connectivity index (χ0n) is 14.7. The molecule has 0 fully saturated rings. The van der Waals surface area contributed by atoms with E-state index in [4.69, 9.17) is 11.6 Å². The minimum atomic E-state index is -4.67. The number of nitrogens with one attached hydrogen (secondary N) is 1. The topological polar surface area (TPSA) is 24.9 Å². The van der Waals surface area contributed by atoms with Crippen LogP contribution < -0.4 is 5.32 Å². The van der Waals surface area contributed by atoms with E-state index in [1.54, 1.807) is 19.9 Å².